The van der Waals surface area contributed by atoms with Crippen molar-refractivity contribution in [1.82, 2.24) is 5.32 Å². The first-order chi connectivity index (χ1) is 8.56. The average Bonchev–Trinajstić information content (AvgIpc) is 2.35. The maximum Gasteiger partial charge on any atom is 0.128 e. The molecule has 1 fully saturated rings. The molecule has 0 saturated heterocycles. The highest BCUT2D eigenvalue weighted by Gasteiger charge is 2.21. The van der Waals surface area contributed by atoms with Gasteiger partial charge in [-0.1, -0.05) is 0 Å². The molecule has 0 amide bonds. The number of hydrogen-bond donors (Lipinski definition) is 2. The highest BCUT2D eigenvalue weighted by molar-refractivity contribution is 5.22. The summed E-state index contributed by atoms with van der Waals surface area (Å²) in [7, 11) is 0. The summed E-state index contributed by atoms with van der Waals surface area (Å²) in [6, 6.07) is 4.05. The van der Waals surface area contributed by atoms with E-state index in [0.717, 1.165) is 31.7 Å². The van der Waals surface area contributed by atoms with Gasteiger partial charge < -0.3 is 11.1 Å². The minimum absolute atomic E-state index is 0.181. The van der Waals surface area contributed by atoms with Crippen LogP contribution in [0.3, 0.4) is 0 Å². The molecule has 0 aromatic heterocycles. The molecular formula is C14H20F2N2. The summed E-state index contributed by atoms with van der Waals surface area (Å²) in [5.74, 6) is -0.755. The molecule has 100 valence electrons. The second-order valence-corrected chi connectivity index (χ2v) is 5.17. The van der Waals surface area contributed by atoms with Gasteiger partial charge in [0, 0.05) is 23.7 Å². The number of nitrogens with two attached hydrogens (primary N) is 1. The van der Waals surface area contributed by atoms with Gasteiger partial charge in [-0.15, -0.1) is 0 Å². The Morgan fingerprint density at radius 2 is 1.89 bits per heavy atom. The van der Waals surface area contributed by atoms with E-state index in [1.165, 1.54) is 12.1 Å². The molecule has 1 aliphatic rings. The Kier molecular flexibility index (Phi) is 4.30. The van der Waals surface area contributed by atoms with Crippen molar-refractivity contribution >= 4 is 0 Å². The first-order valence-corrected chi connectivity index (χ1v) is 6.53. The SMILES string of the molecule is CC(NC1CCC(N)CC1)c1cc(F)ccc1F. The predicted molar refractivity (Wildman–Crippen MR) is 68.1 cm³/mol. The van der Waals surface area contributed by atoms with E-state index in [0.29, 0.717) is 17.6 Å². The molecule has 4 heteroatoms. The van der Waals surface area contributed by atoms with E-state index < -0.39 is 5.82 Å². The van der Waals surface area contributed by atoms with Crippen LogP contribution in [0.4, 0.5) is 8.78 Å². The summed E-state index contributed by atoms with van der Waals surface area (Å²) < 4.78 is 26.7. The van der Waals surface area contributed by atoms with Crippen LogP contribution in [0.15, 0.2) is 18.2 Å². The quantitative estimate of drug-likeness (QED) is 0.870. The minimum atomic E-state index is -0.397. The molecule has 0 bridgehead atoms. The Balaban J connectivity index is 1.98. The van der Waals surface area contributed by atoms with Crippen LogP contribution < -0.4 is 11.1 Å². The molecule has 1 aliphatic carbocycles. The molecule has 1 atom stereocenters. The normalized spacial score (nSPS) is 26.0. The fourth-order valence-corrected chi connectivity index (χ4v) is 2.58. The second kappa shape index (κ2) is 5.76. The molecule has 0 heterocycles. The van der Waals surface area contributed by atoms with E-state index in [2.05, 4.69) is 5.32 Å². The van der Waals surface area contributed by atoms with Gasteiger partial charge in [-0.25, -0.2) is 8.78 Å². The minimum Gasteiger partial charge on any atom is -0.328 e. The van der Waals surface area contributed by atoms with Crippen LogP contribution in [0.2, 0.25) is 0 Å². The summed E-state index contributed by atoms with van der Waals surface area (Å²) in [5, 5.41) is 3.36. The van der Waals surface area contributed by atoms with Gasteiger partial charge in [0.1, 0.15) is 11.6 Å². The zero-order valence-corrected chi connectivity index (χ0v) is 10.6. The number of halogens is 2. The molecular weight excluding hydrogens is 234 g/mol. The number of rotatable bonds is 3. The van der Waals surface area contributed by atoms with Gasteiger partial charge >= 0.3 is 0 Å². The lowest BCUT2D eigenvalue weighted by atomic mass is 9.91. The Hall–Kier alpha value is -1.00. The van der Waals surface area contributed by atoms with E-state index >= 15 is 0 Å². The Labute approximate surface area is 107 Å². The van der Waals surface area contributed by atoms with E-state index in [4.69, 9.17) is 5.73 Å². The van der Waals surface area contributed by atoms with Gasteiger partial charge in [-0.2, -0.15) is 0 Å². The third-order valence-electron chi connectivity index (χ3n) is 3.68. The lowest BCUT2D eigenvalue weighted by Crippen LogP contribution is -2.38. The van der Waals surface area contributed by atoms with E-state index in [1.807, 2.05) is 6.92 Å². The molecule has 1 unspecified atom stereocenters. The molecule has 0 aliphatic heterocycles. The van der Waals surface area contributed by atoms with Gasteiger partial charge in [0.05, 0.1) is 0 Å². The Bertz CT molecular complexity index is 401. The average molecular weight is 254 g/mol. The molecule has 3 N–H and O–H groups in total. The summed E-state index contributed by atoms with van der Waals surface area (Å²) in [4.78, 5) is 0. The van der Waals surface area contributed by atoms with E-state index in [9.17, 15) is 8.78 Å². The largest absolute Gasteiger partial charge is 0.328 e. The van der Waals surface area contributed by atoms with Gasteiger partial charge in [-0.3, -0.25) is 0 Å². The van der Waals surface area contributed by atoms with E-state index in [1.54, 1.807) is 0 Å². The maximum absolute atomic E-state index is 13.6. The Morgan fingerprint density at radius 1 is 1.22 bits per heavy atom. The van der Waals surface area contributed by atoms with Crippen LogP contribution in [0.5, 0.6) is 0 Å². The summed E-state index contributed by atoms with van der Waals surface area (Å²) >= 11 is 0. The van der Waals surface area contributed by atoms with Gasteiger partial charge in [-0.05, 0) is 50.8 Å². The lowest BCUT2D eigenvalue weighted by molar-refractivity contribution is 0.319. The predicted octanol–water partition coefficient (Wildman–Crippen LogP) is 2.89. The summed E-state index contributed by atoms with van der Waals surface area (Å²) in [6.07, 6.45) is 4.00. The highest BCUT2D eigenvalue weighted by Crippen LogP contribution is 2.23. The number of benzene rings is 1. The number of nitrogens with one attached hydrogen (secondary N) is 1. The molecule has 0 radical (unpaired) electrons. The highest BCUT2D eigenvalue weighted by atomic mass is 19.1. The van der Waals surface area contributed by atoms with Crippen molar-refractivity contribution in [2.24, 2.45) is 5.73 Å². The van der Waals surface area contributed by atoms with Crippen LogP contribution in [-0.4, -0.2) is 12.1 Å². The van der Waals surface area contributed by atoms with Crippen molar-refractivity contribution in [3.05, 3.63) is 35.4 Å². The standard InChI is InChI=1S/C14H20F2N2/c1-9(13-8-10(15)2-7-14(13)16)18-12-5-3-11(17)4-6-12/h2,7-9,11-12,18H,3-6,17H2,1H3. The first-order valence-electron chi connectivity index (χ1n) is 6.53. The third kappa shape index (κ3) is 3.27. The van der Waals surface area contributed by atoms with Crippen LogP contribution in [0.25, 0.3) is 0 Å². The van der Waals surface area contributed by atoms with Gasteiger partial charge in [0.25, 0.3) is 0 Å². The molecule has 18 heavy (non-hydrogen) atoms. The Morgan fingerprint density at radius 3 is 2.56 bits per heavy atom. The lowest BCUT2D eigenvalue weighted by Gasteiger charge is -2.29. The molecule has 2 rings (SSSR count). The molecule has 1 aromatic rings. The summed E-state index contributed by atoms with van der Waals surface area (Å²) in [6.45, 7) is 1.87. The molecule has 0 spiro atoms. The van der Waals surface area contributed by atoms with Crippen LogP contribution in [0.1, 0.15) is 44.2 Å². The third-order valence-corrected chi connectivity index (χ3v) is 3.68. The smallest absolute Gasteiger partial charge is 0.128 e. The van der Waals surface area contributed by atoms with Crippen molar-refractivity contribution in [3.63, 3.8) is 0 Å². The van der Waals surface area contributed by atoms with Crippen molar-refractivity contribution < 1.29 is 8.78 Å². The van der Waals surface area contributed by atoms with E-state index in [-0.39, 0.29) is 11.9 Å². The monoisotopic (exact) mass is 254 g/mol. The van der Waals surface area contributed by atoms with Crippen LogP contribution in [-0.2, 0) is 0 Å². The van der Waals surface area contributed by atoms with Gasteiger partial charge in [0.15, 0.2) is 0 Å². The number of hydrogen-bond acceptors (Lipinski definition) is 2. The van der Waals surface area contributed by atoms with Crippen molar-refractivity contribution in [2.75, 3.05) is 0 Å². The molecule has 2 nitrogen and oxygen atoms in total. The fourth-order valence-electron chi connectivity index (χ4n) is 2.58. The zero-order valence-electron chi connectivity index (χ0n) is 10.6. The summed E-state index contributed by atoms with van der Waals surface area (Å²) in [5.41, 5.74) is 6.24. The topological polar surface area (TPSA) is 38.0 Å². The van der Waals surface area contributed by atoms with Crippen molar-refractivity contribution in [2.45, 2.75) is 50.7 Å². The van der Waals surface area contributed by atoms with Crippen LogP contribution >= 0.6 is 0 Å². The zero-order chi connectivity index (χ0) is 13.1. The molecule has 1 saturated carbocycles. The van der Waals surface area contributed by atoms with Crippen molar-refractivity contribution in [3.8, 4) is 0 Å². The maximum atomic E-state index is 13.6. The molecule has 1 aromatic carbocycles. The first kappa shape index (κ1) is 13.4. The fraction of sp³-hybridized carbons (Fsp3) is 0.571. The van der Waals surface area contributed by atoms with Crippen molar-refractivity contribution in [1.29, 1.82) is 0 Å². The van der Waals surface area contributed by atoms with Gasteiger partial charge in [0.2, 0.25) is 0 Å². The van der Waals surface area contributed by atoms with Crippen LogP contribution in [0, 0.1) is 11.6 Å². The second-order valence-electron chi connectivity index (χ2n) is 5.17.